The van der Waals surface area contributed by atoms with E-state index in [9.17, 15) is 0 Å². The number of rotatable bonds is 5. The van der Waals surface area contributed by atoms with E-state index < -0.39 is 0 Å². The van der Waals surface area contributed by atoms with Crippen LogP contribution in [0.3, 0.4) is 0 Å². The molecule has 0 saturated heterocycles. The number of ether oxygens (including phenoxy) is 1. The average molecular weight is 240 g/mol. The molecule has 0 bridgehead atoms. The molecular weight excluding hydrogens is 222 g/mol. The smallest absolute Gasteiger partial charge is 0.124 e. The van der Waals surface area contributed by atoms with Crippen LogP contribution in [-0.2, 0) is 6.42 Å². The molecule has 16 heavy (non-hydrogen) atoms. The quantitative estimate of drug-likeness (QED) is 0.853. The summed E-state index contributed by atoms with van der Waals surface area (Å²) in [4.78, 5) is 0. The lowest BCUT2D eigenvalue weighted by molar-refractivity contribution is 0.409. The Morgan fingerprint density at radius 3 is 2.75 bits per heavy atom. The standard InChI is InChI=1S/C13H18ClNO/c1-15-6-5-9-7-11(14)13(10-3-4-10)12(8-9)16-2/h7-8,10,15H,3-6H2,1-2H3. The van der Waals surface area contributed by atoms with Crippen molar-refractivity contribution in [2.45, 2.75) is 25.2 Å². The average Bonchev–Trinajstić information content (AvgIpc) is 3.09. The number of benzene rings is 1. The highest BCUT2D eigenvalue weighted by atomic mass is 35.5. The van der Waals surface area contributed by atoms with Gasteiger partial charge in [-0.05, 0) is 56.5 Å². The van der Waals surface area contributed by atoms with E-state index in [0.29, 0.717) is 5.92 Å². The number of nitrogens with one attached hydrogen (secondary N) is 1. The van der Waals surface area contributed by atoms with Gasteiger partial charge in [-0.2, -0.15) is 0 Å². The fourth-order valence-corrected chi connectivity index (χ4v) is 2.38. The second kappa shape index (κ2) is 5.07. The summed E-state index contributed by atoms with van der Waals surface area (Å²) in [6.07, 6.45) is 3.47. The van der Waals surface area contributed by atoms with Gasteiger partial charge in [-0.1, -0.05) is 11.6 Å². The van der Waals surface area contributed by atoms with Crippen molar-refractivity contribution in [3.05, 3.63) is 28.3 Å². The zero-order chi connectivity index (χ0) is 11.5. The van der Waals surface area contributed by atoms with Crippen LogP contribution in [0.4, 0.5) is 0 Å². The maximum atomic E-state index is 6.33. The van der Waals surface area contributed by atoms with Crippen molar-refractivity contribution >= 4 is 11.6 Å². The topological polar surface area (TPSA) is 21.3 Å². The van der Waals surface area contributed by atoms with E-state index >= 15 is 0 Å². The minimum Gasteiger partial charge on any atom is -0.496 e. The highest BCUT2D eigenvalue weighted by Crippen LogP contribution is 2.47. The van der Waals surface area contributed by atoms with E-state index in [1.165, 1.54) is 24.0 Å². The van der Waals surface area contributed by atoms with Gasteiger partial charge in [-0.3, -0.25) is 0 Å². The van der Waals surface area contributed by atoms with Crippen molar-refractivity contribution in [2.75, 3.05) is 20.7 Å². The monoisotopic (exact) mass is 239 g/mol. The summed E-state index contributed by atoms with van der Waals surface area (Å²) in [7, 11) is 3.68. The Bertz CT molecular complexity index is 374. The van der Waals surface area contributed by atoms with E-state index in [1.807, 2.05) is 7.05 Å². The van der Waals surface area contributed by atoms with Crippen molar-refractivity contribution in [2.24, 2.45) is 0 Å². The summed E-state index contributed by atoms with van der Waals surface area (Å²) >= 11 is 6.33. The molecule has 0 heterocycles. The third-order valence-corrected chi connectivity index (χ3v) is 3.33. The van der Waals surface area contributed by atoms with Crippen LogP contribution in [0.25, 0.3) is 0 Å². The predicted octanol–water partition coefficient (Wildman–Crippen LogP) is 2.99. The Hall–Kier alpha value is -0.730. The molecule has 0 radical (unpaired) electrons. The molecule has 1 aliphatic rings. The Balaban J connectivity index is 2.26. The van der Waals surface area contributed by atoms with Gasteiger partial charge in [0.05, 0.1) is 7.11 Å². The molecule has 1 fully saturated rings. The van der Waals surface area contributed by atoms with Gasteiger partial charge in [0.25, 0.3) is 0 Å². The van der Waals surface area contributed by atoms with Gasteiger partial charge in [0, 0.05) is 10.6 Å². The van der Waals surface area contributed by atoms with Crippen LogP contribution in [0, 0.1) is 0 Å². The van der Waals surface area contributed by atoms with E-state index in [2.05, 4.69) is 17.4 Å². The minimum absolute atomic E-state index is 0.626. The number of methoxy groups -OCH3 is 1. The molecule has 1 aromatic rings. The third-order valence-electron chi connectivity index (χ3n) is 3.02. The first-order valence-corrected chi connectivity index (χ1v) is 6.15. The van der Waals surface area contributed by atoms with E-state index in [-0.39, 0.29) is 0 Å². The van der Waals surface area contributed by atoms with E-state index in [0.717, 1.165) is 23.7 Å². The van der Waals surface area contributed by atoms with E-state index in [1.54, 1.807) is 7.11 Å². The summed E-state index contributed by atoms with van der Waals surface area (Å²) in [5.41, 5.74) is 2.44. The molecule has 0 aliphatic heterocycles. The van der Waals surface area contributed by atoms with Gasteiger partial charge in [0.15, 0.2) is 0 Å². The van der Waals surface area contributed by atoms with Crippen LogP contribution in [-0.4, -0.2) is 20.7 Å². The van der Waals surface area contributed by atoms with Crippen LogP contribution < -0.4 is 10.1 Å². The SMILES string of the molecule is CNCCc1cc(Cl)c(C2CC2)c(OC)c1. The second-order valence-corrected chi connectivity index (χ2v) is 4.73. The predicted molar refractivity (Wildman–Crippen MR) is 67.6 cm³/mol. The molecule has 2 nitrogen and oxygen atoms in total. The molecule has 0 amide bonds. The zero-order valence-corrected chi connectivity index (χ0v) is 10.6. The van der Waals surface area contributed by atoms with Crippen LogP contribution in [0.1, 0.15) is 29.9 Å². The molecule has 1 N–H and O–H groups in total. The van der Waals surface area contributed by atoms with Crippen molar-refractivity contribution in [1.82, 2.24) is 5.32 Å². The van der Waals surface area contributed by atoms with Gasteiger partial charge in [-0.25, -0.2) is 0 Å². The molecule has 0 atom stereocenters. The van der Waals surface area contributed by atoms with Crippen LogP contribution in [0.2, 0.25) is 5.02 Å². The van der Waals surface area contributed by atoms with Gasteiger partial charge < -0.3 is 10.1 Å². The Morgan fingerprint density at radius 2 is 2.19 bits per heavy atom. The first kappa shape index (κ1) is 11.7. The summed E-state index contributed by atoms with van der Waals surface area (Å²) < 4.78 is 5.44. The zero-order valence-electron chi connectivity index (χ0n) is 9.85. The van der Waals surface area contributed by atoms with Crippen molar-refractivity contribution in [3.63, 3.8) is 0 Å². The molecule has 1 saturated carbocycles. The Morgan fingerprint density at radius 1 is 1.44 bits per heavy atom. The molecule has 0 aromatic heterocycles. The highest BCUT2D eigenvalue weighted by molar-refractivity contribution is 6.31. The van der Waals surface area contributed by atoms with Gasteiger partial charge >= 0.3 is 0 Å². The molecule has 0 spiro atoms. The fourth-order valence-electron chi connectivity index (χ4n) is 2.00. The summed E-state index contributed by atoms with van der Waals surface area (Å²) in [5.74, 6) is 1.59. The van der Waals surface area contributed by atoms with Gasteiger partial charge in [0.2, 0.25) is 0 Å². The van der Waals surface area contributed by atoms with Gasteiger partial charge in [-0.15, -0.1) is 0 Å². The second-order valence-electron chi connectivity index (χ2n) is 4.32. The normalized spacial score (nSPS) is 15.2. The molecule has 88 valence electrons. The first-order valence-electron chi connectivity index (χ1n) is 5.77. The van der Waals surface area contributed by atoms with Crippen molar-refractivity contribution in [3.8, 4) is 5.75 Å². The number of halogens is 1. The van der Waals surface area contributed by atoms with Crippen LogP contribution in [0.5, 0.6) is 5.75 Å². The molecule has 2 rings (SSSR count). The Kier molecular flexibility index (Phi) is 3.72. The molecule has 0 unspecified atom stereocenters. The molecule has 1 aromatic carbocycles. The largest absolute Gasteiger partial charge is 0.496 e. The lowest BCUT2D eigenvalue weighted by Gasteiger charge is -2.12. The van der Waals surface area contributed by atoms with E-state index in [4.69, 9.17) is 16.3 Å². The third kappa shape index (κ3) is 2.50. The number of likely N-dealkylation sites (N-methyl/N-ethyl adjacent to an activating group) is 1. The molecule has 1 aliphatic carbocycles. The highest BCUT2D eigenvalue weighted by Gasteiger charge is 2.29. The minimum atomic E-state index is 0.626. The lowest BCUT2D eigenvalue weighted by atomic mass is 10.0. The summed E-state index contributed by atoms with van der Waals surface area (Å²) in [6, 6.07) is 4.20. The first-order chi connectivity index (χ1) is 7.76. The van der Waals surface area contributed by atoms with Gasteiger partial charge in [0.1, 0.15) is 5.75 Å². The van der Waals surface area contributed by atoms with Crippen LogP contribution >= 0.6 is 11.6 Å². The lowest BCUT2D eigenvalue weighted by Crippen LogP contribution is -2.10. The van der Waals surface area contributed by atoms with Crippen molar-refractivity contribution < 1.29 is 4.74 Å². The number of hydrogen-bond acceptors (Lipinski definition) is 2. The van der Waals surface area contributed by atoms with Crippen molar-refractivity contribution in [1.29, 1.82) is 0 Å². The maximum absolute atomic E-state index is 6.33. The molecular formula is C13H18ClNO. The summed E-state index contributed by atoms with van der Waals surface area (Å²) in [5, 5.41) is 4.01. The Labute approximate surface area is 102 Å². The van der Waals surface area contributed by atoms with Crippen LogP contribution in [0.15, 0.2) is 12.1 Å². The number of hydrogen-bond donors (Lipinski definition) is 1. The maximum Gasteiger partial charge on any atom is 0.124 e. The fraction of sp³-hybridized carbons (Fsp3) is 0.538. The summed E-state index contributed by atoms with van der Waals surface area (Å²) in [6.45, 7) is 0.961. The molecule has 3 heteroatoms.